The highest BCUT2D eigenvalue weighted by molar-refractivity contribution is 7.99. The Balaban J connectivity index is 1.47. The Morgan fingerprint density at radius 3 is 3.06 bits per heavy atom. The number of hydrogen-bond acceptors (Lipinski definition) is 3. The lowest BCUT2D eigenvalue weighted by Gasteiger charge is -2.24. The second-order valence-electron chi connectivity index (χ2n) is 5.23. The Kier molecular flexibility index (Phi) is 4.24. The minimum atomic E-state index is 0.586. The van der Waals surface area contributed by atoms with Gasteiger partial charge in [-0.1, -0.05) is 24.6 Å². The number of ether oxygens (including phenoxy) is 1. The summed E-state index contributed by atoms with van der Waals surface area (Å²) < 4.78 is 5.94. The van der Waals surface area contributed by atoms with E-state index in [0.717, 1.165) is 19.8 Å². The first-order chi connectivity index (χ1) is 8.93. The molecule has 3 rings (SSSR count). The van der Waals surface area contributed by atoms with Crippen molar-refractivity contribution in [1.29, 1.82) is 0 Å². The average molecular weight is 263 g/mol. The molecular weight excluding hydrogens is 242 g/mol. The van der Waals surface area contributed by atoms with Crippen molar-refractivity contribution in [3.63, 3.8) is 0 Å². The van der Waals surface area contributed by atoms with Crippen LogP contribution in [0.3, 0.4) is 0 Å². The van der Waals surface area contributed by atoms with E-state index in [1.54, 1.807) is 0 Å². The van der Waals surface area contributed by atoms with Crippen molar-refractivity contribution in [2.45, 2.75) is 36.1 Å². The highest BCUT2D eigenvalue weighted by atomic mass is 32.2. The van der Waals surface area contributed by atoms with Gasteiger partial charge >= 0.3 is 0 Å². The maximum absolute atomic E-state index is 5.94. The van der Waals surface area contributed by atoms with Crippen molar-refractivity contribution < 1.29 is 4.74 Å². The lowest BCUT2D eigenvalue weighted by atomic mass is 10.0. The third-order valence-electron chi connectivity index (χ3n) is 3.85. The fourth-order valence-corrected chi connectivity index (χ4v) is 4.02. The summed E-state index contributed by atoms with van der Waals surface area (Å²) in [6, 6.07) is 9.33. The Morgan fingerprint density at radius 2 is 2.17 bits per heavy atom. The SMILES string of the molecule is c1ccc2c(c1)SCC2COCC1CCCCN1. The van der Waals surface area contributed by atoms with Crippen molar-refractivity contribution >= 4 is 11.8 Å². The molecule has 3 heteroatoms. The van der Waals surface area contributed by atoms with Crippen molar-refractivity contribution in [1.82, 2.24) is 5.32 Å². The summed E-state index contributed by atoms with van der Waals surface area (Å²) in [5.41, 5.74) is 1.49. The second-order valence-corrected chi connectivity index (χ2v) is 6.29. The van der Waals surface area contributed by atoms with E-state index in [-0.39, 0.29) is 0 Å². The van der Waals surface area contributed by atoms with Crippen LogP contribution in [0.1, 0.15) is 30.7 Å². The summed E-state index contributed by atoms with van der Waals surface area (Å²) in [5, 5.41) is 3.53. The van der Waals surface area contributed by atoms with Gasteiger partial charge in [0, 0.05) is 22.6 Å². The number of benzene rings is 1. The fourth-order valence-electron chi connectivity index (χ4n) is 2.79. The standard InChI is InChI=1S/C15H21NOS/c1-2-7-15-14(6-1)12(11-18-15)9-17-10-13-5-3-4-8-16-13/h1-2,6-7,12-13,16H,3-5,8-11H2. The summed E-state index contributed by atoms with van der Waals surface area (Å²) in [7, 11) is 0. The highest BCUT2D eigenvalue weighted by Gasteiger charge is 2.23. The molecule has 0 saturated carbocycles. The largest absolute Gasteiger partial charge is 0.379 e. The van der Waals surface area contributed by atoms with Gasteiger partial charge in [0.05, 0.1) is 13.2 Å². The van der Waals surface area contributed by atoms with Gasteiger partial charge in [-0.15, -0.1) is 11.8 Å². The molecule has 0 amide bonds. The van der Waals surface area contributed by atoms with Crippen LogP contribution in [0.2, 0.25) is 0 Å². The number of hydrogen-bond donors (Lipinski definition) is 1. The van der Waals surface area contributed by atoms with E-state index >= 15 is 0 Å². The van der Waals surface area contributed by atoms with Crippen LogP contribution in [0.15, 0.2) is 29.2 Å². The number of piperidine rings is 1. The molecule has 2 nitrogen and oxygen atoms in total. The van der Waals surface area contributed by atoms with E-state index in [4.69, 9.17) is 4.74 Å². The minimum Gasteiger partial charge on any atom is -0.379 e. The zero-order chi connectivity index (χ0) is 12.2. The van der Waals surface area contributed by atoms with Crippen molar-refractivity contribution in [2.75, 3.05) is 25.5 Å². The molecule has 2 atom stereocenters. The van der Waals surface area contributed by atoms with Crippen LogP contribution in [0.25, 0.3) is 0 Å². The maximum atomic E-state index is 5.94. The molecule has 1 saturated heterocycles. The van der Waals surface area contributed by atoms with Crippen molar-refractivity contribution in [3.05, 3.63) is 29.8 Å². The maximum Gasteiger partial charge on any atom is 0.0619 e. The monoisotopic (exact) mass is 263 g/mol. The average Bonchev–Trinajstić information content (AvgIpc) is 2.84. The van der Waals surface area contributed by atoms with Crippen molar-refractivity contribution in [2.24, 2.45) is 0 Å². The topological polar surface area (TPSA) is 21.3 Å². The van der Waals surface area contributed by atoms with Gasteiger partial charge in [-0.2, -0.15) is 0 Å². The smallest absolute Gasteiger partial charge is 0.0619 e. The molecule has 0 spiro atoms. The molecule has 0 bridgehead atoms. The third kappa shape index (κ3) is 2.90. The van der Waals surface area contributed by atoms with E-state index in [2.05, 4.69) is 29.6 Å². The van der Waals surface area contributed by atoms with Crippen LogP contribution in [-0.4, -0.2) is 31.6 Å². The van der Waals surface area contributed by atoms with Crippen LogP contribution in [0.5, 0.6) is 0 Å². The van der Waals surface area contributed by atoms with E-state index < -0.39 is 0 Å². The molecule has 1 fully saturated rings. The molecule has 1 aromatic rings. The number of rotatable bonds is 4. The molecule has 0 radical (unpaired) electrons. The molecule has 1 aromatic carbocycles. The Hall–Kier alpha value is -0.510. The summed E-state index contributed by atoms with van der Waals surface area (Å²) in [4.78, 5) is 1.45. The quantitative estimate of drug-likeness (QED) is 0.902. The first-order valence-electron chi connectivity index (χ1n) is 6.96. The summed E-state index contributed by atoms with van der Waals surface area (Å²) in [6.07, 6.45) is 3.95. The van der Waals surface area contributed by atoms with Gasteiger partial charge in [-0.05, 0) is 31.0 Å². The van der Waals surface area contributed by atoms with E-state index in [0.29, 0.717) is 12.0 Å². The zero-order valence-corrected chi connectivity index (χ0v) is 11.5. The van der Waals surface area contributed by atoms with E-state index in [1.807, 2.05) is 11.8 Å². The molecule has 2 heterocycles. The molecule has 0 aliphatic carbocycles. The van der Waals surface area contributed by atoms with Gasteiger partial charge in [0.2, 0.25) is 0 Å². The van der Waals surface area contributed by atoms with Gasteiger partial charge < -0.3 is 10.1 Å². The number of nitrogens with one attached hydrogen (secondary N) is 1. The zero-order valence-electron chi connectivity index (χ0n) is 10.7. The van der Waals surface area contributed by atoms with E-state index in [1.165, 1.54) is 35.5 Å². The van der Waals surface area contributed by atoms with Gasteiger partial charge in [0.15, 0.2) is 0 Å². The minimum absolute atomic E-state index is 0.586. The summed E-state index contributed by atoms with van der Waals surface area (Å²) in [6.45, 7) is 2.92. The second kappa shape index (κ2) is 6.09. The molecule has 1 N–H and O–H groups in total. The third-order valence-corrected chi connectivity index (χ3v) is 5.10. The van der Waals surface area contributed by atoms with Gasteiger partial charge in [-0.3, -0.25) is 0 Å². The van der Waals surface area contributed by atoms with Crippen LogP contribution in [0.4, 0.5) is 0 Å². The fraction of sp³-hybridized carbons (Fsp3) is 0.600. The molecule has 18 heavy (non-hydrogen) atoms. The number of fused-ring (bicyclic) bond motifs is 1. The summed E-state index contributed by atoms with van der Waals surface area (Å²) >= 11 is 1.97. The normalized spacial score (nSPS) is 27.1. The molecule has 0 aromatic heterocycles. The predicted octanol–water partition coefficient (Wildman–Crippen LogP) is 3.03. The van der Waals surface area contributed by atoms with Crippen LogP contribution in [-0.2, 0) is 4.74 Å². The molecule has 2 unspecified atom stereocenters. The van der Waals surface area contributed by atoms with Gasteiger partial charge in [0.25, 0.3) is 0 Å². The first kappa shape index (κ1) is 12.5. The molecule has 98 valence electrons. The predicted molar refractivity (Wildman–Crippen MR) is 76.4 cm³/mol. The lowest BCUT2D eigenvalue weighted by Crippen LogP contribution is -2.37. The Labute approximate surface area is 113 Å². The summed E-state index contributed by atoms with van der Waals surface area (Å²) in [5.74, 6) is 1.77. The molecule has 2 aliphatic rings. The van der Waals surface area contributed by atoms with Crippen LogP contribution < -0.4 is 5.32 Å². The van der Waals surface area contributed by atoms with E-state index in [9.17, 15) is 0 Å². The number of thioether (sulfide) groups is 1. The van der Waals surface area contributed by atoms with Gasteiger partial charge in [-0.25, -0.2) is 0 Å². The van der Waals surface area contributed by atoms with Crippen LogP contribution in [0, 0.1) is 0 Å². The van der Waals surface area contributed by atoms with Crippen LogP contribution >= 0.6 is 11.8 Å². The lowest BCUT2D eigenvalue weighted by molar-refractivity contribution is 0.0954. The van der Waals surface area contributed by atoms with Gasteiger partial charge in [0.1, 0.15) is 0 Å². The Morgan fingerprint density at radius 1 is 1.22 bits per heavy atom. The Bertz CT molecular complexity index is 390. The highest BCUT2D eigenvalue weighted by Crippen LogP contribution is 2.39. The molecule has 2 aliphatic heterocycles. The molecular formula is C15H21NOS. The van der Waals surface area contributed by atoms with Crippen molar-refractivity contribution in [3.8, 4) is 0 Å². The first-order valence-corrected chi connectivity index (χ1v) is 7.95.